The fraction of sp³-hybridized carbons (Fsp3) is 0.643. The topological polar surface area (TPSA) is 257 Å². The quantitative estimate of drug-likeness (QED) is 0.0402. The average Bonchev–Trinajstić information content (AvgIpc) is 3.03. The van der Waals surface area contributed by atoms with Crippen molar-refractivity contribution in [2.24, 2.45) is 0 Å². The van der Waals surface area contributed by atoms with E-state index in [2.05, 4.69) is 5.32 Å². The summed E-state index contributed by atoms with van der Waals surface area (Å²) in [5.74, 6) is -2.22. The van der Waals surface area contributed by atoms with Crippen molar-refractivity contribution >= 4 is 29.3 Å². The molecule has 3 heterocycles. The van der Waals surface area contributed by atoms with Crippen LogP contribution in [0.25, 0.3) is 0 Å². The van der Waals surface area contributed by atoms with Gasteiger partial charge >= 0.3 is 5.97 Å². The van der Waals surface area contributed by atoms with Crippen LogP contribution in [-0.2, 0) is 28.5 Å². The number of hydrogen-bond donors (Lipinski definition) is 7. The van der Waals surface area contributed by atoms with E-state index < -0.39 is 72.8 Å². The number of carbonyl (C=O) groups is 2. The number of aliphatic hydroxyl groups is 6. The van der Waals surface area contributed by atoms with Crippen molar-refractivity contribution in [3.05, 3.63) is 45.0 Å². The zero-order valence-electron chi connectivity index (χ0n) is 24.6. The minimum atomic E-state index is -1.56. The molecule has 1 spiro atoms. The van der Waals surface area contributed by atoms with Crippen molar-refractivity contribution in [2.45, 2.75) is 80.8 Å². The Morgan fingerprint density at radius 1 is 1.15 bits per heavy atom. The van der Waals surface area contributed by atoms with Crippen molar-refractivity contribution in [3.63, 3.8) is 0 Å². The lowest BCUT2D eigenvalue weighted by Gasteiger charge is -2.50. The summed E-state index contributed by atoms with van der Waals surface area (Å²) in [6.07, 6.45) is -8.84. The van der Waals surface area contributed by atoms with Gasteiger partial charge in [0.15, 0.2) is 6.29 Å². The fourth-order valence-corrected chi connectivity index (χ4v) is 6.22. The Hall–Kier alpha value is -2.91. The Labute approximate surface area is 267 Å². The number of nitro groups is 1. The zero-order valence-corrected chi connectivity index (χ0v) is 25.5. The van der Waals surface area contributed by atoms with Crippen LogP contribution in [0.1, 0.15) is 32.1 Å². The van der Waals surface area contributed by atoms with Gasteiger partial charge in [0, 0.05) is 37.9 Å². The number of nitro benzene ring substituents is 1. The van der Waals surface area contributed by atoms with E-state index in [1.165, 1.54) is 24.3 Å². The number of carbonyl (C=O) groups excluding carboxylic acids is 2. The number of nitrogens with one attached hydrogen (secondary N) is 1. The molecule has 1 aromatic rings. The lowest BCUT2D eigenvalue weighted by Crippen LogP contribution is -2.62. The number of nitrogens with zero attached hydrogens (tertiary/aromatic N) is 1. The van der Waals surface area contributed by atoms with Gasteiger partial charge in [0.05, 0.1) is 41.5 Å². The summed E-state index contributed by atoms with van der Waals surface area (Å²) in [6, 6.07) is 5.06. The molecule has 7 N–H and O–H groups in total. The van der Waals surface area contributed by atoms with Crippen LogP contribution in [0.2, 0.25) is 0 Å². The minimum absolute atomic E-state index is 0.00668. The van der Waals surface area contributed by atoms with Gasteiger partial charge in [-0.3, -0.25) is 19.7 Å². The molecule has 5 unspecified atom stereocenters. The third kappa shape index (κ3) is 8.91. The zero-order chi connectivity index (χ0) is 33.4. The maximum absolute atomic E-state index is 12.2. The lowest BCUT2D eigenvalue weighted by atomic mass is 9.93. The Balaban J connectivity index is 1.21. The van der Waals surface area contributed by atoms with Crippen LogP contribution < -0.4 is 10.1 Å². The summed E-state index contributed by atoms with van der Waals surface area (Å²) >= 11 is 1.15. The molecular formula is C28H38N2O15S. The second kappa shape index (κ2) is 16.3. The second-order valence-electron chi connectivity index (χ2n) is 10.9. The molecule has 0 bridgehead atoms. The van der Waals surface area contributed by atoms with E-state index in [1.807, 2.05) is 0 Å². The summed E-state index contributed by atoms with van der Waals surface area (Å²) in [5.41, 5.74) is -0.132. The van der Waals surface area contributed by atoms with E-state index >= 15 is 0 Å². The fourth-order valence-electron chi connectivity index (χ4n) is 5.03. The molecule has 17 nitrogen and oxygen atoms in total. The third-order valence-electron chi connectivity index (χ3n) is 7.44. The molecule has 1 amide bonds. The third-order valence-corrected chi connectivity index (χ3v) is 8.73. The smallest absolute Gasteiger partial charge is 0.311 e. The van der Waals surface area contributed by atoms with Crippen molar-refractivity contribution in [1.29, 1.82) is 0 Å². The second-order valence-corrected chi connectivity index (χ2v) is 11.9. The minimum Gasteiger partial charge on any atom is -0.462 e. The Kier molecular flexibility index (Phi) is 12.7. The van der Waals surface area contributed by atoms with Gasteiger partial charge < -0.3 is 59.6 Å². The number of ether oxygens (including phenoxy) is 5. The summed E-state index contributed by atoms with van der Waals surface area (Å²) in [6.45, 7) is -0.961. The Bertz CT molecular complexity index is 1250. The molecule has 256 valence electrons. The molecule has 0 aliphatic carbocycles. The van der Waals surface area contributed by atoms with E-state index in [-0.39, 0.29) is 67.7 Å². The van der Waals surface area contributed by atoms with Crippen LogP contribution in [0.15, 0.2) is 34.9 Å². The van der Waals surface area contributed by atoms with Crippen LogP contribution in [0.4, 0.5) is 5.69 Å². The van der Waals surface area contributed by atoms with Crippen molar-refractivity contribution in [2.75, 3.05) is 32.1 Å². The SMILES string of the molecule is O=C(CCCC(=O)Oc1ccc([N+](=O)[O-])cc1)NCCCOC1OC(CO)C(O)C2=C1SC[C@]1(CC(O)C(O)[C@@H]([C@H](O)CO)O1)O2. The lowest BCUT2D eigenvalue weighted by molar-refractivity contribution is -0.384. The number of hydrogen-bond acceptors (Lipinski definition) is 16. The maximum atomic E-state index is 12.2. The predicted molar refractivity (Wildman–Crippen MR) is 156 cm³/mol. The highest BCUT2D eigenvalue weighted by Gasteiger charge is 2.55. The molecule has 0 saturated carbocycles. The number of non-ortho nitro benzene ring substituents is 1. The Morgan fingerprint density at radius 2 is 1.89 bits per heavy atom. The highest BCUT2D eigenvalue weighted by Crippen LogP contribution is 2.47. The number of aliphatic hydroxyl groups excluding tert-OH is 6. The first kappa shape index (κ1) is 35.9. The van der Waals surface area contributed by atoms with Gasteiger partial charge in [-0.25, -0.2) is 0 Å². The number of esters is 1. The molecule has 46 heavy (non-hydrogen) atoms. The number of rotatable bonds is 14. The number of amides is 1. The number of thioether (sulfide) groups is 1. The maximum Gasteiger partial charge on any atom is 0.311 e. The van der Waals surface area contributed by atoms with Gasteiger partial charge in [-0.15, -0.1) is 11.8 Å². The van der Waals surface area contributed by atoms with Gasteiger partial charge in [0.1, 0.15) is 42.0 Å². The van der Waals surface area contributed by atoms with Crippen LogP contribution in [0, 0.1) is 10.1 Å². The molecule has 1 fully saturated rings. The van der Waals surface area contributed by atoms with Crippen LogP contribution >= 0.6 is 11.8 Å². The summed E-state index contributed by atoms with van der Waals surface area (Å²) in [5, 5.41) is 74.2. The first-order valence-corrected chi connectivity index (χ1v) is 15.6. The molecular weight excluding hydrogens is 636 g/mol. The molecule has 3 aliphatic heterocycles. The van der Waals surface area contributed by atoms with Crippen LogP contribution in [0.3, 0.4) is 0 Å². The first-order chi connectivity index (χ1) is 22.0. The molecule has 4 rings (SSSR count). The van der Waals surface area contributed by atoms with E-state index in [4.69, 9.17) is 23.7 Å². The van der Waals surface area contributed by atoms with E-state index in [0.29, 0.717) is 11.3 Å². The summed E-state index contributed by atoms with van der Waals surface area (Å²) < 4.78 is 28.5. The molecule has 1 aromatic carbocycles. The molecule has 3 aliphatic rings. The monoisotopic (exact) mass is 674 g/mol. The van der Waals surface area contributed by atoms with E-state index in [0.717, 1.165) is 11.8 Å². The van der Waals surface area contributed by atoms with Gasteiger partial charge in [-0.05, 0) is 25.0 Å². The summed E-state index contributed by atoms with van der Waals surface area (Å²) in [4.78, 5) is 34.7. The van der Waals surface area contributed by atoms with Crippen LogP contribution in [-0.4, -0.2) is 128 Å². The highest BCUT2D eigenvalue weighted by atomic mass is 32.2. The van der Waals surface area contributed by atoms with Gasteiger partial charge in [-0.1, -0.05) is 0 Å². The molecule has 8 atom stereocenters. The Morgan fingerprint density at radius 3 is 2.57 bits per heavy atom. The van der Waals surface area contributed by atoms with E-state index in [9.17, 15) is 50.3 Å². The highest BCUT2D eigenvalue weighted by molar-refractivity contribution is 8.03. The first-order valence-electron chi connectivity index (χ1n) is 14.6. The van der Waals surface area contributed by atoms with Gasteiger partial charge in [-0.2, -0.15) is 0 Å². The van der Waals surface area contributed by atoms with Gasteiger partial charge in [0.25, 0.3) is 5.69 Å². The predicted octanol–water partition coefficient (Wildman–Crippen LogP) is -1.19. The molecule has 0 radical (unpaired) electrons. The van der Waals surface area contributed by atoms with Gasteiger partial charge in [0.2, 0.25) is 11.7 Å². The molecule has 1 saturated heterocycles. The molecule has 0 aromatic heterocycles. The average molecular weight is 675 g/mol. The summed E-state index contributed by atoms with van der Waals surface area (Å²) in [7, 11) is 0. The van der Waals surface area contributed by atoms with Crippen molar-refractivity contribution in [1.82, 2.24) is 5.32 Å². The molecule has 18 heteroatoms. The van der Waals surface area contributed by atoms with Crippen LogP contribution in [0.5, 0.6) is 5.75 Å². The normalized spacial score (nSPS) is 29.9. The number of benzene rings is 1. The van der Waals surface area contributed by atoms with E-state index in [1.54, 1.807) is 0 Å². The van der Waals surface area contributed by atoms with Crippen molar-refractivity contribution < 1.29 is 68.8 Å². The van der Waals surface area contributed by atoms with Crippen molar-refractivity contribution in [3.8, 4) is 5.75 Å². The standard InChI is InChI=1S/C28H38N2O15S/c31-12-18(34)24-22(37)17(33)11-28(44-24)14-46-26-25(45-28)23(38)19(13-32)43-27(26)41-10-2-9-29-20(35)3-1-4-21(36)42-16-7-5-15(6-8-16)30(39)40/h5-8,17-19,22-24,27,31-34,37-38H,1-4,9-14H2,(H,29,35)/t17?,18-,19?,22?,23?,24-,27?,28+/m1/s1. The largest absolute Gasteiger partial charge is 0.462 e.